The second kappa shape index (κ2) is 6.49. The molecule has 1 saturated heterocycles. The van der Waals surface area contributed by atoms with Crippen LogP contribution >= 0.6 is 22.6 Å². The zero-order chi connectivity index (χ0) is 13.0. The number of β-amino-alcohol motifs (C(OH)–C–C–N with tert-alkyl or cyclic N) is 1. The van der Waals surface area contributed by atoms with Crippen LogP contribution in [0.15, 0.2) is 24.3 Å². The van der Waals surface area contributed by atoms with E-state index in [0.29, 0.717) is 13.1 Å². The summed E-state index contributed by atoms with van der Waals surface area (Å²) in [6.07, 6.45) is 1.51. The van der Waals surface area contributed by atoms with Crippen LogP contribution in [0.25, 0.3) is 0 Å². The largest absolute Gasteiger partial charge is 0.392 e. The second-order valence-electron chi connectivity index (χ2n) is 4.59. The Bertz CT molecular complexity index is 425. The van der Waals surface area contributed by atoms with E-state index in [0.717, 1.165) is 28.6 Å². The maximum absolute atomic E-state index is 11.9. The molecule has 1 atom stereocenters. The summed E-state index contributed by atoms with van der Waals surface area (Å²) in [5.74, 6) is -0.0221. The molecular formula is C13H17IN2O2. The van der Waals surface area contributed by atoms with E-state index in [1.165, 1.54) is 0 Å². The van der Waals surface area contributed by atoms with Crippen molar-refractivity contribution in [2.75, 3.05) is 25.0 Å². The lowest BCUT2D eigenvalue weighted by Gasteiger charge is -2.29. The third-order valence-corrected chi connectivity index (χ3v) is 3.63. The molecule has 2 N–H and O–H groups in total. The Morgan fingerprint density at radius 3 is 3.11 bits per heavy atom. The summed E-state index contributed by atoms with van der Waals surface area (Å²) < 4.78 is 1.10. The van der Waals surface area contributed by atoms with Gasteiger partial charge in [-0.05, 0) is 60.2 Å². The summed E-state index contributed by atoms with van der Waals surface area (Å²) >= 11 is 2.22. The van der Waals surface area contributed by atoms with Crippen molar-refractivity contribution < 1.29 is 9.90 Å². The molecule has 0 saturated carbocycles. The average Bonchev–Trinajstić information content (AvgIpc) is 2.28. The lowest BCUT2D eigenvalue weighted by molar-refractivity contribution is -0.118. The van der Waals surface area contributed by atoms with Gasteiger partial charge in [0.25, 0.3) is 0 Å². The van der Waals surface area contributed by atoms with E-state index in [2.05, 4.69) is 27.9 Å². The number of piperidine rings is 1. The molecule has 0 aromatic heterocycles. The lowest BCUT2D eigenvalue weighted by Crippen LogP contribution is -2.42. The van der Waals surface area contributed by atoms with Gasteiger partial charge in [-0.2, -0.15) is 0 Å². The van der Waals surface area contributed by atoms with Crippen molar-refractivity contribution in [3.63, 3.8) is 0 Å². The Balaban J connectivity index is 1.85. The number of aliphatic hydroxyl groups excluding tert-OH is 1. The van der Waals surface area contributed by atoms with Crippen LogP contribution in [0, 0.1) is 3.57 Å². The van der Waals surface area contributed by atoms with E-state index < -0.39 is 0 Å². The first kappa shape index (κ1) is 13.8. The molecule has 2 rings (SSSR count). The number of nitrogens with one attached hydrogen (secondary N) is 1. The Kier molecular flexibility index (Phi) is 4.96. The van der Waals surface area contributed by atoms with E-state index in [1.54, 1.807) is 0 Å². The zero-order valence-electron chi connectivity index (χ0n) is 10.1. The second-order valence-corrected chi connectivity index (χ2v) is 5.84. The number of likely N-dealkylation sites (tertiary alicyclic amines) is 1. The lowest BCUT2D eigenvalue weighted by atomic mass is 10.1. The quantitative estimate of drug-likeness (QED) is 0.807. The maximum atomic E-state index is 11.9. The standard InChI is InChI=1S/C13H17IN2O2/c14-10-3-1-4-11(7-10)15-13(18)9-16-6-2-5-12(17)8-16/h1,3-4,7,12,17H,2,5-6,8-9H2,(H,15,18)/t12-/m0/s1. The Morgan fingerprint density at radius 2 is 2.39 bits per heavy atom. The van der Waals surface area contributed by atoms with Gasteiger partial charge in [0.05, 0.1) is 12.6 Å². The van der Waals surface area contributed by atoms with Gasteiger partial charge in [0.2, 0.25) is 5.91 Å². The van der Waals surface area contributed by atoms with Crippen molar-refractivity contribution in [3.8, 4) is 0 Å². The summed E-state index contributed by atoms with van der Waals surface area (Å²) in [5, 5.41) is 12.4. The van der Waals surface area contributed by atoms with Gasteiger partial charge in [0.15, 0.2) is 0 Å². The third kappa shape index (κ3) is 4.22. The molecule has 18 heavy (non-hydrogen) atoms. The molecule has 1 aliphatic heterocycles. The minimum absolute atomic E-state index is 0.0221. The summed E-state index contributed by atoms with van der Waals surface area (Å²) in [7, 11) is 0. The normalized spacial score (nSPS) is 20.7. The van der Waals surface area contributed by atoms with Gasteiger partial charge in [0.1, 0.15) is 0 Å². The number of anilines is 1. The highest BCUT2D eigenvalue weighted by Crippen LogP contribution is 2.13. The van der Waals surface area contributed by atoms with Crippen LogP contribution in [0.1, 0.15) is 12.8 Å². The van der Waals surface area contributed by atoms with Crippen molar-refractivity contribution in [1.82, 2.24) is 4.90 Å². The van der Waals surface area contributed by atoms with Gasteiger partial charge in [-0.25, -0.2) is 0 Å². The highest BCUT2D eigenvalue weighted by molar-refractivity contribution is 14.1. The van der Waals surface area contributed by atoms with Gasteiger partial charge in [-0.15, -0.1) is 0 Å². The van der Waals surface area contributed by atoms with E-state index in [4.69, 9.17) is 0 Å². The Morgan fingerprint density at radius 1 is 1.56 bits per heavy atom. The number of halogens is 1. The fraction of sp³-hybridized carbons (Fsp3) is 0.462. The summed E-state index contributed by atoms with van der Waals surface area (Å²) in [6, 6.07) is 7.72. The molecule has 1 amide bonds. The Hall–Kier alpha value is -0.660. The number of hydrogen-bond acceptors (Lipinski definition) is 3. The number of rotatable bonds is 3. The summed E-state index contributed by atoms with van der Waals surface area (Å²) in [4.78, 5) is 13.9. The smallest absolute Gasteiger partial charge is 0.238 e. The molecule has 0 bridgehead atoms. The van der Waals surface area contributed by atoms with Crippen LogP contribution in [0.4, 0.5) is 5.69 Å². The fourth-order valence-electron chi connectivity index (χ4n) is 2.14. The SMILES string of the molecule is O=C(CN1CCC[C@H](O)C1)Nc1cccc(I)c1. The average molecular weight is 360 g/mol. The topological polar surface area (TPSA) is 52.6 Å². The van der Waals surface area contributed by atoms with E-state index >= 15 is 0 Å². The predicted molar refractivity (Wildman–Crippen MR) is 79.5 cm³/mol. The molecular weight excluding hydrogens is 343 g/mol. The van der Waals surface area contributed by atoms with Crippen molar-refractivity contribution in [2.24, 2.45) is 0 Å². The van der Waals surface area contributed by atoms with E-state index in [9.17, 15) is 9.90 Å². The number of benzene rings is 1. The van der Waals surface area contributed by atoms with Crippen molar-refractivity contribution in [3.05, 3.63) is 27.8 Å². The van der Waals surface area contributed by atoms with Crippen LogP contribution in [0.3, 0.4) is 0 Å². The molecule has 1 aromatic rings. The molecule has 1 heterocycles. The van der Waals surface area contributed by atoms with Gasteiger partial charge in [-0.1, -0.05) is 6.07 Å². The number of nitrogens with zero attached hydrogens (tertiary/aromatic N) is 1. The number of carbonyl (C=O) groups excluding carboxylic acids is 1. The third-order valence-electron chi connectivity index (χ3n) is 2.96. The van der Waals surface area contributed by atoms with Gasteiger partial charge < -0.3 is 10.4 Å². The first-order valence-electron chi connectivity index (χ1n) is 6.09. The van der Waals surface area contributed by atoms with Crippen LogP contribution in [0.5, 0.6) is 0 Å². The Labute approximate surface area is 121 Å². The first-order chi connectivity index (χ1) is 8.63. The van der Waals surface area contributed by atoms with Crippen LogP contribution in [0.2, 0.25) is 0 Å². The summed E-state index contributed by atoms with van der Waals surface area (Å²) in [6.45, 7) is 1.83. The van der Waals surface area contributed by atoms with Crippen LogP contribution < -0.4 is 5.32 Å². The minimum Gasteiger partial charge on any atom is -0.392 e. The molecule has 0 radical (unpaired) electrons. The number of aliphatic hydroxyl groups is 1. The molecule has 0 spiro atoms. The van der Waals surface area contributed by atoms with E-state index in [-0.39, 0.29) is 12.0 Å². The number of amides is 1. The molecule has 0 unspecified atom stereocenters. The molecule has 1 aromatic carbocycles. The zero-order valence-corrected chi connectivity index (χ0v) is 12.3. The molecule has 5 heteroatoms. The highest BCUT2D eigenvalue weighted by atomic mass is 127. The number of hydrogen-bond donors (Lipinski definition) is 2. The monoisotopic (exact) mass is 360 g/mol. The van der Waals surface area contributed by atoms with Crippen LogP contribution in [-0.2, 0) is 4.79 Å². The predicted octanol–water partition coefficient (Wildman–Crippen LogP) is 1.69. The number of carbonyl (C=O) groups is 1. The maximum Gasteiger partial charge on any atom is 0.238 e. The van der Waals surface area contributed by atoms with Gasteiger partial charge >= 0.3 is 0 Å². The fourth-order valence-corrected chi connectivity index (χ4v) is 2.69. The molecule has 1 fully saturated rings. The van der Waals surface area contributed by atoms with Crippen molar-refractivity contribution in [1.29, 1.82) is 0 Å². The molecule has 4 nitrogen and oxygen atoms in total. The highest BCUT2D eigenvalue weighted by Gasteiger charge is 2.19. The van der Waals surface area contributed by atoms with Crippen molar-refractivity contribution >= 4 is 34.2 Å². The first-order valence-corrected chi connectivity index (χ1v) is 7.17. The van der Waals surface area contributed by atoms with Crippen LogP contribution in [-0.4, -0.2) is 41.7 Å². The van der Waals surface area contributed by atoms with Crippen molar-refractivity contribution in [2.45, 2.75) is 18.9 Å². The molecule has 0 aliphatic carbocycles. The molecule has 1 aliphatic rings. The summed E-state index contributed by atoms with van der Waals surface area (Å²) in [5.41, 5.74) is 0.824. The van der Waals surface area contributed by atoms with E-state index in [1.807, 2.05) is 29.2 Å². The van der Waals surface area contributed by atoms with Gasteiger partial charge in [-0.3, -0.25) is 9.69 Å². The van der Waals surface area contributed by atoms with Gasteiger partial charge in [0, 0.05) is 15.8 Å². The minimum atomic E-state index is -0.288. The molecule has 98 valence electrons.